The summed E-state index contributed by atoms with van der Waals surface area (Å²) in [6.45, 7) is 6.58. The fourth-order valence-corrected chi connectivity index (χ4v) is 5.46. The lowest BCUT2D eigenvalue weighted by Gasteiger charge is -2.12. The first-order chi connectivity index (χ1) is 17.4. The van der Waals surface area contributed by atoms with E-state index in [4.69, 9.17) is 0 Å². The van der Waals surface area contributed by atoms with Crippen LogP contribution in [-0.4, -0.2) is 27.1 Å². The van der Waals surface area contributed by atoms with Crippen molar-refractivity contribution in [1.82, 2.24) is 9.47 Å². The minimum atomic E-state index is -0.313. The number of aryl methyl sites for hydroxylation is 1. The number of amidine groups is 1. The smallest absolute Gasteiger partial charge is 0.266 e. The number of carbonyl (C=O) groups is 1. The van der Waals surface area contributed by atoms with E-state index in [1.165, 1.54) is 35.0 Å². The second-order valence-corrected chi connectivity index (χ2v) is 9.61. The molecule has 36 heavy (non-hydrogen) atoms. The van der Waals surface area contributed by atoms with E-state index >= 15 is 0 Å². The zero-order chi connectivity index (χ0) is 25.2. The Balaban J connectivity index is 1.45. The van der Waals surface area contributed by atoms with Gasteiger partial charge in [0, 0.05) is 23.6 Å². The van der Waals surface area contributed by atoms with Crippen LogP contribution < -0.4 is 0 Å². The molecule has 4 aromatic rings. The summed E-state index contributed by atoms with van der Waals surface area (Å²) in [5, 5.41) is 0.602. The molecule has 180 valence electrons. The number of rotatable bonds is 5. The van der Waals surface area contributed by atoms with Gasteiger partial charge in [-0.05, 0) is 97.8 Å². The maximum absolute atomic E-state index is 13.3. The monoisotopic (exact) mass is 495 g/mol. The van der Waals surface area contributed by atoms with Crippen molar-refractivity contribution in [2.24, 2.45) is 4.99 Å². The summed E-state index contributed by atoms with van der Waals surface area (Å²) >= 11 is 1.35. The zero-order valence-corrected chi connectivity index (χ0v) is 21.2. The van der Waals surface area contributed by atoms with Crippen LogP contribution in [-0.2, 0) is 4.79 Å². The predicted molar refractivity (Wildman–Crippen MR) is 147 cm³/mol. The zero-order valence-electron chi connectivity index (χ0n) is 20.4. The second-order valence-electron chi connectivity index (χ2n) is 8.61. The normalized spacial score (nSPS) is 15.9. The number of nitrogens with zero attached hydrogens (tertiary/aromatic N) is 3. The molecule has 1 amide bonds. The number of aliphatic imine (C=N–C) groups is 1. The first kappa shape index (κ1) is 23.8. The van der Waals surface area contributed by atoms with Crippen LogP contribution in [0.4, 0.5) is 10.1 Å². The van der Waals surface area contributed by atoms with Crippen molar-refractivity contribution in [3.8, 4) is 16.8 Å². The Labute approximate surface area is 214 Å². The fraction of sp³-hybridized carbons (Fsp3) is 0.133. The molecule has 0 unspecified atom stereocenters. The fourth-order valence-electron chi connectivity index (χ4n) is 4.40. The van der Waals surface area contributed by atoms with Crippen molar-refractivity contribution < 1.29 is 9.18 Å². The molecule has 1 aromatic heterocycles. The number of aromatic nitrogens is 1. The third kappa shape index (κ3) is 4.64. The minimum absolute atomic E-state index is 0.0691. The minimum Gasteiger partial charge on any atom is -0.318 e. The van der Waals surface area contributed by atoms with E-state index in [2.05, 4.69) is 65.9 Å². The van der Waals surface area contributed by atoms with Gasteiger partial charge < -0.3 is 4.57 Å². The van der Waals surface area contributed by atoms with Gasteiger partial charge in [-0.25, -0.2) is 9.38 Å². The van der Waals surface area contributed by atoms with Gasteiger partial charge in [-0.1, -0.05) is 42.5 Å². The highest BCUT2D eigenvalue weighted by molar-refractivity contribution is 8.18. The highest BCUT2D eigenvalue weighted by atomic mass is 32.2. The van der Waals surface area contributed by atoms with E-state index in [1.54, 1.807) is 17.0 Å². The molecule has 1 aliphatic heterocycles. The summed E-state index contributed by atoms with van der Waals surface area (Å²) in [6, 6.07) is 26.9. The number of hydrogen-bond donors (Lipinski definition) is 0. The Bertz CT molecular complexity index is 1470. The van der Waals surface area contributed by atoms with Gasteiger partial charge in [-0.15, -0.1) is 0 Å². The van der Waals surface area contributed by atoms with E-state index in [0.29, 0.717) is 22.3 Å². The van der Waals surface area contributed by atoms with Crippen molar-refractivity contribution in [2.75, 3.05) is 6.54 Å². The van der Waals surface area contributed by atoms with Crippen LogP contribution in [0.15, 0.2) is 94.8 Å². The molecule has 0 radical (unpaired) electrons. The molecule has 2 heterocycles. The Morgan fingerprint density at radius 3 is 2.25 bits per heavy atom. The number of amides is 1. The molecule has 1 fully saturated rings. The molecule has 0 N–H and O–H groups in total. The highest BCUT2D eigenvalue weighted by Crippen LogP contribution is 2.35. The largest absolute Gasteiger partial charge is 0.318 e. The van der Waals surface area contributed by atoms with Crippen LogP contribution in [0.2, 0.25) is 0 Å². The number of benzene rings is 3. The maximum Gasteiger partial charge on any atom is 0.266 e. The lowest BCUT2D eigenvalue weighted by Crippen LogP contribution is -2.28. The Hall–Kier alpha value is -3.90. The van der Waals surface area contributed by atoms with Crippen LogP contribution in [0.3, 0.4) is 0 Å². The topological polar surface area (TPSA) is 37.6 Å². The molecule has 6 heteroatoms. The Kier molecular flexibility index (Phi) is 6.61. The predicted octanol–water partition coefficient (Wildman–Crippen LogP) is 7.52. The average molecular weight is 496 g/mol. The number of thioether (sulfide) groups is 1. The lowest BCUT2D eigenvalue weighted by molar-refractivity contribution is -0.122. The van der Waals surface area contributed by atoms with Gasteiger partial charge in [0.2, 0.25) is 0 Å². The van der Waals surface area contributed by atoms with Crippen LogP contribution in [0, 0.1) is 19.7 Å². The molecule has 4 nitrogen and oxygen atoms in total. The standard InChI is InChI=1S/C30H26FN3OS/c1-4-33-29(35)28(36-30(33)32-26-14-12-25(31)13-15-26)19-24-18-20(2)34(21(24)3)27-16-10-23(11-17-27)22-8-6-5-7-9-22/h5-19H,4H2,1-3H3/b28-19-,32-30?. The molecule has 1 aliphatic rings. The third-order valence-corrected chi connectivity index (χ3v) is 7.25. The SMILES string of the molecule is CCN1C(=O)/C(=C/c2cc(C)n(-c3ccc(-c4ccccc4)cc3)c2C)SC1=Nc1ccc(F)cc1. The van der Waals surface area contributed by atoms with Gasteiger partial charge in [0.1, 0.15) is 5.82 Å². The summed E-state index contributed by atoms with van der Waals surface area (Å²) in [6.07, 6.45) is 1.94. The van der Waals surface area contributed by atoms with Gasteiger partial charge in [-0.2, -0.15) is 0 Å². The molecule has 5 rings (SSSR count). The number of likely N-dealkylation sites (N-methyl/N-ethyl adjacent to an activating group) is 1. The molecule has 0 spiro atoms. The Morgan fingerprint density at radius 1 is 0.917 bits per heavy atom. The summed E-state index contributed by atoms with van der Waals surface area (Å²) in [5.74, 6) is -0.382. The Morgan fingerprint density at radius 2 is 1.58 bits per heavy atom. The van der Waals surface area contributed by atoms with Crippen LogP contribution in [0.25, 0.3) is 22.9 Å². The molecule has 3 aromatic carbocycles. The van der Waals surface area contributed by atoms with Crippen molar-refractivity contribution in [3.05, 3.63) is 113 Å². The number of halogens is 1. The summed E-state index contributed by atoms with van der Waals surface area (Å²) in [5.41, 5.74) is 7.20. The van der Waals surface area contributed by atoms with Crippen molar-refractivity contribution in [3.63, 3.8) is 0 Å². The molecular formula is C30H26FN3OS. The van der Waals surface area contributed by atoms with Crippen molar-refractivity contribution in [1.29, 1.82) is 0 Å². The van der Waals surface area contributed by atoms with Crippen LogP contribution in [0.5, 0.6) is 0 Å². The summed E-state index contributed by atoms with van der Waals surface area (Å²) in [7, 11) is 0. The molecule has 0 aliphatic carbocycles. The first-order valence-corrected chi connectivity index (χ1v) is 12.7. The van der Waals surface area contributed by atoms with Gasteiger partial charge in [0.05, 0.1) is 10.6 Å². The summed E-state index contributed by atoms with van der Waals surface area (Å²) in [4.78, 5) is 20.0. The lowest BCUT2D eigenvalue weighted by atomic mass is 10.1. The average Bonchev–Trinajstić information content (AvgIpc) is 3.34. The van der Waals surface area contributed by atoms with E-state index in [9.17, 15) is 9.18 Å². The van der Waals surface area contributed by atoms with E-state index in [1.807, 2.05) is 31.2 Å². The third-order valence-electron chi connectivity index (χ3n) is 6.25. The van der Waals surface area contributed by atoms with Crippen LogP contribution in [0.1, 0.15) is 23.9 Å². The highest BCUT2D eigenvalue weighted by Gasteiger charge is 2.32. The van der Waals surface area contributed by atoms with E-state index < -0.39 is 0 Å². The van der Waals surface area contributed by atoms with Crippen molar-refractivity contribution >= 4 is 34.6 Å². The van der Waals surface area contributed by atoms with Gasteiger partial charge in [-0.3, -0.25) is 9.69 Å². The van der Waals surface area contributed by atoms with E-state index in [0.717, 1.165) is 22.6 Å². The molecular weight excluding hydrogens is 469 g/mol. The van der Waals surface area contributed by atoms with Gasteiger partial charge >= 0.3 is 0 Å². The molecule has 0 saturated carbocycles. The number of hydrogen-bond acceptors (Lipinski definition) is 3. The van der Waals surface area contributed by atoms with Gasteiger partial charge in [0.25, 0.3) is 5.91 Å². The molecule has 0 atom stereocenters. The molecule has 0 bridgehead atoms. The number of carbonyl (C=O) groups excluding carboxylic acids is 1. The first-order valence-electron chi connectivity index (χ1n) is 11.8. The molecule has 1 saturated heterocycles. The second kappa shape index (κ2) is 9.99. The van der Waals surface area contributed by atoms with E-state index in [-0.39, 0.29) is 11.7 Å². The van der Waals surface area contributed by atoms with Gasteiger partial charge in [0.15, 0.2) is 5.17 Å². The van der Waals surface area contributed by atoms with Crippen molar-refractivity contribution in [2.45, 2.75) is 20.8 Å². The quantitative estimate of drug-likeness (QED) is 0.269. The summed E-state index contributed by atoms with van der Waals surface area (Å²) < 4.78 is 15.5. The maximum atomic E-state index is 13.3. The van der Waals surface area contributed by atoms with Crippen LogP contribution >= 0.6 is 11.8 Å².